The van der Waals surface area contributed by atoms with E-state index in [4.69, 9.17) is 9.47 Å². The van der Waals surface area contributed by atoms with E-state index in [2.05, 4.69) is 20.0 Å². The molecular formula is C18H27N5O3. The molecule has 8 heteroatoms. The molecule has 1 aromatic rings. The van der Waals surface area contributed by atoms with Crippen molar-refractivity contribution in [2.45, 2.75) is 12.8 Å². The van der Waals surface area contributed by atoms with Gasteiger partial charge in [-0.15, -0.1) is 10.2 Å². The summed E-state index contributed by atoms with van der Waals surface area (Å²) in [6, 6.07) is 4.07. The van der Waals surface area contributed by atoms with Crippen LogP contribution in [-0.2, 0) is 14.3 Å². The molecule has 3 aliphatic heterocycles. The van der Waals surface area contributed by atoms with Crippen LogP contribution in [0.4, 0.5) is 11.6 Å². The Morgan fingerprint density at radius 2 is 1.35 bits per heavy atom. The van der Waals surface area contributed by atoms with Crippen molar-refractivity contribution in [3.63, 3.8) is 0 Å². The first-order valence-corrected chi connectivity index (χ1v) is 9.59. The SMILES string of the molecule is O=C(C1CCOCC1)N1CCN(c2ccc(N3CCOCC3)nn2)CC1. The van der Waals surface area contributed by atoms with Crippen LogP contribution in [0.15, 0.2) is 12.1 Å². The average molecular weight is 361 g/mol. The zero-order chi connectivity index (χ0) is 17.8. The summed E-state index contributed by atoms with van der Waals surface area (Å²) < 4.78 is 10.7. The fourth-order valence-electron chi connectivity index (χ4n) is 3.81. The van der Waals surface area contributed by atoms with Crippen molar-refractivity contribution in [3.05, 3.63) is 12.1 Å². The number of rotatable bonds is 3. The first-order valence-electron chi connectivity index (χ1n) is 9.59. The maximum absolute atomic E-state index is 12.6. The van der Waals surface area contributed by atoms with E-state index in [9.17, 15) is 4.79 Å². The zero-order valence-electron chi connectivity index (χ0n) is 15.2. The smallest absolute Gasteiger partial charge is 0.225 e. The van der Waals surface area contributed by atoms with Gasteiger partial charge in [0, 0.05) is 58.4 Å². The zero-order valence-corrected chi connectivity index (χ0v) is 15.2. The summed E-state index contributed by atoms with van der Waals surface area (Å²) in [6.45, 7) is 7.75. The minimum Gasteiger partial charge on any atom is -0.381 e. The summed E-state index contributed by atoms with van der Waals surface area (Å²) >= 11 is 0. The predicted octanol–water partition coefficient (Wildman–Crippen LogP) is 0.388. The molecule has 0 saturated carbocycles. The molecule has 0 spiro atoms. The highest BCUT2D eigenvalue weighted by atomic mass is 16.5. The van der Waals surface area contributed by atoms with Crippen molar-refractivity contribution in [1.82, 2.24) is 15.1 Å². The van der Waals surface area contributed by atoms with Gasteiger partial charge in [-0.3, -0.25) is 4.79 Å². The third-order valence-corrected chi connectivity index (χ3v) is 5.46. The lowest BCUT2D eigenvalue weighted by Crippen LogP contribution is -2.51. The fourth-order valence-corrected chi connectivity index (χ4v) is 3.81. The van der Waals surface area contributed by atoms with Crippen LogP contribution in [0.2, 0.25) is 0 Å². The summed E-state index contributed by atoms with van der Waals surface area (Å²) in [6.07, 6.45) is 1.71. The Hall–Kier alpha value is -1.93. The number of aromatic nitrogens is 2. The lowest BCUT2D eigenvalue weighted by Gasteiger charge is -2.37. The second-order valence-electron chi connectivity index (χ2n) is 7.05. The molecule has 3 fully saturated rings. The van der Waals surface area contributed by atoms with Gasteiger partial charge < -0.3 is 24.2 Å². The van der Waals surface area contributed by atoms with Gasteiger partial charge in [-0.1, -0.05) is 0 Å². The van der Waals surface area contributed by atoms with Gasteiger partial charge in [-0.05, 0) is 25.0 Å². The molecule has 1 aromatic heterocycles. The molecular weight excluding hydrogens is 334 g/mol. The third-order valence-electron chi connectivity index (χ3n) is 5.46. The largest absolute Gasteiger partial charge is 0.381 e. The van der Waals surface area contributed by atoms with Gasteiger partial charge in [0.25, 0.3) is 0 Å². The van der Waals surface area contributed by atoms with E-state index < -0.39 is 0 Å². The van der Waals surface area contributed by atoms with E-state index in [1.807, 2.05) is 17.0 Å². The maximum atomic E-state index is 12.6. The molecule has 0 atom stereocenters. The standard InChI is InChI=1S/C18H27N5O3/c24-18(15-3-11-25-12-4-15)23-7-5-21(6-8-23)16-1-2-17(20-19-16)22-9-13-26-14-10-22/h1-2,15H,3-14H2. The van der Waals surface area contributed by atoms with Crippen LogP contribution >= 0.6 is 0 Å². The predicted molar refractivity (Wildman–Crippen MR) is 97.4 cm³/mol. The van der Waals surface area contributed by atoms with Gasteiger partial charge in [-0.25, -0.2) is 0 Å². The van der Waals surface area contributed by atoms with Crippen LogP contribution < -0.4 is 9.80 Å². The van der Waals surface area contributed by atoms with Crippen molar-refractivity contribution in [1.29, 1.82) is 0 Å². The average Bonchev–Trinajstić information content (AvgIpc) is 2.75. The molecule has 0 radical (unpaired) electrons. The first-order chi connectivity index (χ1) is 12.8. The van der Waals surface area contributed by atoms with E-state index >= 15 is 0 Å². The topological polar surface area (TPSA) is 71.0 Å². The molecule has 26 heavy (non-hydrogen) atoms. The van der Waals surface area contributed by atoms with Crippen LogP contribution in [0.5, 0.6) is 0 Å². The van der Waals surface area contributed by atoms with E-state index in [0.717, 1.165) is 77.0 Å². The fraction of sp³-hybridized carbons (Fsp3) is 0.722. The molecule has 0 N–H and O–H groups in total. The quantitative estimate of drug-likeness (QED) is 0.771. The summed E-state index contributed by atoms with van der Waals surface area (Å²) in [7, 11) is 0. The number of hydrogen-bond donors (Lipinski definition) is 0. The second-order valence-corrected chi connectivity index (χ2v) is 7.05. The van der Waals surface area contributed by atoms with Gasteiger partial charge in [0.15, 0.2) is 11.6 Å². The van der Waals surface area contributed by atoms with Crippen LogP contribution in [-0.4, -0.2) is 86.7 Å². The van der Waals surface area contributed by atoms with Gasteiger partial charge in [0.1, 0.15) is 0 Å². The Kier molecular flexibility index (Phi) is 5.50. The van der Waals surface area contributed by atoms with Crippen molar-refractivity contribution in [2.24, 2.45) is 5.92 Å². The molecule has 0 unspecified atom stereocenters. The molecule has 1 amide bonds. The molecule has 3 aliphatic rings. The van der Waals surface area contributed by atoms with Crippen molar-refractivity contribution in [3.8, 4) is 0 Å². The maximum Gasteiger partial charge on any atom is 0.225 e. The highest BCUT2D eigenvalue weighted by Crippen LogP contribution is 2.21. The number of piperazine rings is 1. The number of carbonyl (C=O) groups excluding carboxylic acids is 1. The monoisotopic (exact) mass is 361 g/mol. The minimum atomic E-state index is 0.142. The van der Waals surface area contributed by atoms with Gasteiger partial charge in [0.05, 0.1) is 13.2 Å². The molecule has 142 valence electrons. The number of hydrogen-bond acceptors (Lipinski definition) is 7. The second kappa shape index (κ2) is 8.18. The van der Waals surface area contributed by atoms with E-state index in [1.165, 1.54) is 0 Å². The first kappa shape index (κ1) is 17.5. The number of morpholine rings is 1. The van der Waals surface area contributed by atoms with Crippen LogP contribution in [0.25, 0.3) is 0 Å². The van der Waals surface area contributed by atoms with E-state index in [1.54, 1.807) is 0 Å². The molecule has 3 saturated heterocycles. The highest BCUT2D eigenvalue weighted by Gasteiger charge is 2.29. The van der Waals surface area contributed by atoms with Crippen molar-refractivity contribution >= 4 is 17.5 Å². The number of ether oxygens (including phenoxy) is 2. The molecule has 0 aromatic carbocycles. The minimum absolute atomic E-state index is 0.142. The number of anilines is 2. The Morgan fingerprint density at radius 1 is 0.808 bits per heavy atom. The summed E-state index contributed by atoms with van der Waals surface area (Å²) in [5.41, 5.74) is 0. The molecule has 4 heterocycles. The normalized spacial score (nSPS) is 22.5. The summed E-state index contributed by atoms with van der Waals surface area (Å²) in [5.74, 6) is 2.23. The van der Waals surface area contributed by atoms with Gasteiger partial charge in [0.2, 0.25) is 5.91 Å². The van der Waals surface area contributed by atoms with Crippen LogP contribution in [0.3, 0.4) is 0 Å². The Bertz CT molecular complexity index is 591. The van der Waals surface area contributed by atoms with Gasteiger partial charge >= 0.3 is 0 Å². The number of amides is 1. The van der Waals surface area contributed by atoms with Crippen LogP contribution in [0, 0.1) is 5.92 Å². The van der Waals surface area contributed by atoms with Crippen LogP contribution in [0.1, 0.15) is 12.8 Å². The summed E-state index contributed by atoms with van der Waals surface area (Å²) in [5, 5.41) is 8.80. The molecule has 0 aliphatic carbocycles. The van der Waals surface area contributed by atoms with Gasteiger partial charge in [-0.2, -0.15) is 0 Å². The lowest BCUT2D eigenvalue weighted by atomic mass is 9.98. The molecule has 0 bridgehead atoms. The molecule has 8 nitrogen and oxygen atoms in total. The van der Waals surface area contributed by atoms with Crippen molar-refractivity contribution < 1.29 is 14.3 Å². The Labute approximate surface area is 154 Å². The molecule has 4 rings (SSSR count). The Balaban J connectivity index is 1.30. The van der Waals surface area contributed by atoms with E-state index in [-0.39, 0.29) is 5.92 Å². The summed E-state index contributed by atoms with van der Waals surface area (Å²) in [4.78, 5) is 19.0. The number of carbonyl (C=O) groups is 1. The third kappa shape index (κ3) is 3.91. The van der Waals surface area contributed by atoms with Crippen molar-refractivity contribution in [2.75, 3.05) is 75.5 Å². The van der Waals surface area contributed by atoms with E-state index in [0.29, 0.717) is 19.1 Å². The Morgan fingerprint density at radius 3 is 1.92 bits per heavy atom. The lowest BCUT2D eigenvalue weighted by molar-refractivity contribution is -0.138. The number of nitrogens with zero attached hydrogens (tertiary/aromatic N) is 5. The highest BCUT2D eigenvalue weighted by molar-refractivity contribution is 5.79.